The molecule has 0 aromatic carbocycles. The molecule has 0 radical (unpaired) electrons. The molecule has 2 rings (SSSR count). The van der Waals surface area contributed by atoms with Crippen LogP contribution in [-0.4, -0.2) is 38.2 Å². The summed E-state index contributed by atoms with van der Waals surface area (Å²) < 4.78 is 1.73. The molecule has 2 N–H and O–H groups in total. The Hall–Kier alpha value is -1.69. The Morgan fingerprint density at radius 3 is 2.79 bits per heavy atom. The van der Waals surface area contributed by atoms with E-state index < -0.39 is 0 Å². The molecule has 19 heavy (non-hydrogen) atoms. The third-order valence-electron chi connectivity index (χ3n) is 3.17. The largest absolute Gasteiger partial charge is 0.383 e. The number of hydrogen-bond donors (Lipinski definition) is 1. The van der Waals surface area contributed by atoms with E-state index in [1.54, 1.807) is 10.9 Å². The lowest BCUT2D eigenvalue weighted by Gasteiger charge is -2.17. The molecule has 104 valence electrons. The summed E-state index contributed by atoms with van der Waals surface area (Å²) in [5, 5.41) is 4.97. The summed E-state index contributed by atoms with van der Waals surface area (Å²) in [6.45, 7) is 6.19. The lowest BCUT2D eigenvalue weighted by molar-refractivity contribution is 0.297. The van der Waals surface area contributed by atoms with E-state index in [1.807, 2.05) is 7.05 Å². The number of hydrogen-bond acceptors (Lipinski definition) is 5. The zero-order valence-corrected chi connectivity index (χ0v) is 12.1. The zero-order chi connectivity index (χ0) is 14.0. The van der Waals surface area contributed by atoms with Crippen LogP contribution in [0, 0.1) is 5.92 Å². The number of aromatic nitrogens is 4. The van der Waals surface area contributed by atoms with Crippen molar-refractivity contribution in [3.05, 3.63) is 12.0 Å². The first kappa shape index (κ1) is 13.7. The Kier molecular flexibility index (Phi) is 3.99. The van der Waals surface area contributed by atoms with Crippen molar-refractivity contribution in [3.8, 4) is 0 Å². The van der Waals surface area contributed by atoms with Crippen molar-refractivity contribution in [2.45, 2.75) is 26.8 Å². The Bertz CT molecular complexity index is 560. The molecule has 2 aromatic heterocycles. The van der Waals surface area contributed by atoms with E-state index >= 15 is 0 Å². The van der Waals surface area contributed by atoms with E-state index in [9.17, 15) is 0 Å². The average Bonchev–Trinajstić information content (AvgIpc) is 2.69. The summed E-state index contributed by atoms with van der Waals surface area (Å²) in [5.41, 5.74) is 6.74. The predicted octanol–water partition coefficient (Wildman–Crippen LogP) is 1.42. The molecule has 2 aromatic rings. The van der Waals surface area contributed by atoms with Crippen LogP contribution in [0.3, 0.4) is 0 Å². The third kappa shape index (κ3) is 3.20. The highest BCUT2D eigenvalue weighted by Crippen LogP contribution is 2.16. The van der Waals surface area contributed by atoms with Gasteiger partial charge in [-0.05, 0) is 25.9 Å². The van der Waals surface area contributed by atoms with Crippen molar-refractivity contribution < 1.29 is 0 Å². The minimum absolute atomic E-state index is 0.505. The van der Waals surface area contributed by atoms with Crippen LogP contribution in [0.4, 0.5) is 5.82 Å². The average molecular weight is 262 g/mol. The van der Waals surface area contributed by atoms with Gasteiger partial charge >= 0.3 is 0 Å². The van der Waals surface area contributed by atoms with Gasteiger partial charge in [0.2, 0.25) is 0 Å². The Balaban J connectivity index is 2.14. The number of fused-ring (bicyclic) bond motifs is 1. The topological polar surface area (TPSA) is 72.9 Å². The second-order valence-electron chi connectivity index (χ2n) is 5.45. The van der Waals surface area contributed by atoms with Crippen LogP contribution in [0.1, 0.15) is 26.1 Å². The summed E-state index contributed by atoms with van der Waals surface area (Å²) in [4.78, 5) is 11.1. The highest BCUT2D eigenvalue weighted by molar-refractivity contribution is 5.84. The highest BCUT2D eigenvalue weighted by Gasteiger charge is 2.10. The fraction of sp³-hybridized carbons (Fsp3) is 0.615. The maximum atomic E-state index is 5.95. The fourth-order valence-corrected chi connectivity index (χ4v) is 1.96. The number of nitrogen functional groups attached to an aromatic ring is 1. The first-order valence-electron chi connectivity index (χ1n) is 6.60. The van der Waals surface area contributed by atoms with Crippen LogP contribution in [0.2, 0.25) is 0 Å². The van der Waals surface area contributed by atoms with Crippen molar-refractivity contribution in [1.29, 1.82) is 0 Å². The normalized spacial score (nSPS) is 11.9. The quantitative estimate of drug-likeness (QED) is 0.882. The predicted molar refractivity (Wildman–Crippen MR) is 76.5 cm³/mol. The van der Waals surface area contributed by atoms with Crippen LogP contribution in [0.5, 0.6) is 0 Å². The molecule has 0 fully saturated rings. The molecule has 0 saturated carbocycles. The molecule has 0 unspecified atom stereocenters. The highest BCUT2D eigenvalue weighted by atomic mass is 15.3. The Labute approximate surface area is 113 Å². The van der Waals surface area contributed by atoms with Crippen LogP contribution >= 0.6 is 0 Å². The smallest absolute Gasteiger partial charge is 0.163 e. The van der Waals surface area contributed by atoms with Gasteiger partial charge in [0, 0.05) is 7.05 Å². The van der Waals surface area contributed by atoms with Gasteiger partial charge in [-0.25, -0.2) is 9.97 Å². The molecule has 0 bridgehead atoms. The van der Waals surface area contributed by atoms with Gasteiger partial charge in [0.25, 0.3) is 0 Å². The van der Waals surface area contributed by atoms with Crippen LogP contribution in [0.25, 0.3) is 11.0 Å². The van der Waals surface area contributed by atoms with Crippen molar-refractivity contribution in [1.82, 2.24) is 24.6 Å². The second kappa shape index (κ2) is 5.52. The van der Waals surface area contributed by atoms with E-state index in [4.69, 9.17) is 5.73 Å². The SMILES string of the molecule is CC(C)CCN(C)Cc1nc(N)c2cnn(C)c2n1. The minimum atomic E-state index is 0.505. The van der Waals surface area contributed by atoms with E-state index in [0.29, 0.717) is 18.3 Å². The van der Waals surface area contributed by atoms with E-state index in [-0.39, 0.29) is 0 Å². The van der Waals surface area contributed by atoms with E-state index in [0.717, 1.165) is 23.4 Å². The Morgan fingerprint density at radius 1 is 1.37 bits per heavy atom. The van der Waals surface area contributed by atoms with Crippen LogP contribution in [-0.2, 0) is 13.6 Å². The van der Waals surface area contributed by atoms with Gasteiger partial charge < -0.3 is 5.73 Å². The second-order valence-corrected chi connectivity index (χ2v) is 5.45. The van der Waals surface area contributed by atoms with Crippen molar-refractivity contribution >= 4 is 16.9 Å². The van der Waals surface area contributed by atoms with Crippen LogP contribution in [0.15, 0.2) is 6.20 Å². The van der Waals surface area contributed by atoms with Crippen molar-refractivity contribution in [2.75, 3.05) is 19.3 Å². The van der Waals surface area contributed by atoms with Gasteiger partial charge in [-0.2, -0.15) is 5.10 Å². The third-order valence-corrected chi connectivity index (χ3v) is 3.17. The molecule has 0 aliphatic rings. The lowest BCUT2D eigenvalue weighted by Crippen LogP contribution is -2.22. The minimum Gasteiger partial charge on any atom is -0.383 e. The monoisotopic (exact) mass is 262 g/mol. The number of aryl methyl sites for hydroxylation is 1. The first-order valence-corrected chi connectivity index (χ1v) is 6.60. The summed E-state index contributed by atoms with van der Waals surface area (Å²) >= 11 is 0. The summed E-state index contributed by atoms with van der Waals surface area (Å²) in [5.74, 6) is 1.96. The van der Waals surface area contributed by atoms with Gasteiger partial charge in [0.05, 0.1) is 18.1 Å². The number of nitrogens with zero attached hydrogens (tertiary/aromatic N) is 5. The molecule has 2 heterocycles. The summed E-state index contributed by atoms with van der Waals surface area (Å²) in [7, 11) is 3.94. The van der Waals surface area contributed by atoms with Crippen LogP contribution < -0.4 is 5.73 Å². The Morgan fingerprint density at radius 2 is 2.11 bits per heavy atom. The molecule has 0 atom stereocenters. The van der Waals surface area contributed by atoms with Gasteiger partial charge in [-0.3, -0.25) is 9.58 Å². The number of rotatable bonds is 5. The molecule has 0 saturated heterocycles. The van der Waals surface area contributed by atoms with Gasteiger partial charge in [-0.1, -0.05) is 13.8 Å². The summed E-state index contributed by atoms with van der Waals surface area (Å²) in [6.07, 6.45) is 2.87. The molecular weight excluding hydrogens is 240 g/mol. The molecule has 6 nitrogen and oxygen atoms in total. The number of anilines is 1. The van der Waals surface area contributed by atoms with E-state index in [2.05, 4.69) is 40.9 Å². The maximum Gasteiger partial charge on any atom is 0.163 e. The van der Waals surface area contributed by atoms with E-state index in [1.165, 1.54) is 6.42 Å². The molecule has 0 spiro atoms. The molecule has 0 aliphatic heterocycles. The van der Waals surface area contributed by atoms with Gasteiger partial charge in [-0.15, -0.1) is 0 Å². The molecular formula is C13H22N6. The summed E-state index contributed by atoms with van der Waals surface area (Å²) in [6, 6.07) is 0. The number of nitrogens with two attached hydrogens (primary N) is 1. The maximum absolute atomic E-state index is 5.95. The standard InChI is InChI=1S/C13H22N6/c1-9(2)5-6-18(3)8-11-16-12(14)10-7-15-19(4)13(10)17-11/h7,9H,5-6,8H2,1-4H3,(H2,14,16,17). The van der Waals surface area contributed by atoms with Crippen molar-refractivity contribution in [2.24, 2.45) is 13.0 Å². The first-order chi connectivity index (χ1) is 8.97. The van der Waals surface area contributed by atoms with Gasteiger partial charge in [0.15, 0.2) is 5.65 Å². The lowest BCUT2D eigenvalue weighted by atomic mass is 10.1. The van der Waals surface area contributed by atoms with Crippen molar-refractivity contribution in [3.63, 3.8) is 0 Å². The molecule has 0 amide bonds. The van der Waals surface area contributed by atoms with Gasteiger partial charge in [0.1, 0.15) is 11.6 Å². The fourth-order valence-electron chi connectivity index (χ4n) is 1.96. The zero-order valence-electron chi connectivity index (χ0n) is 12.1. The molecule has 0 aliphatic carbocycles. The molecule has 6 heteroatoms.